The first kappa shape index (κ1) is 18.0. The van der Waals surface area contributed by atoms with Crippen LogP contribution >= 0.6 is 11.3 Å². The zero-order valence-electron chi connectivity index (χ0n) is 14.7. The summed E-state index contributed by atoms with van der Waals surface area (Å²) in [6.07, 6.45) is 0. The van der Waals surface area contributed by atoms with Crippen molar-refractivity contribution in [3.05, 3.63) is 82.1 Å². The number of hydrogen-bond acceptors (Lipinski definition) is 6. The number of aliphatic hydroxyl groups is 1. The first-order valence-electron chi connectivity index (χ1n) is 8.37. The molecule has 1 aliphatic heterocycles. The number of aryl methyl sites for hydroxylation is 1. The number of carbonyl (C=O) groups is 2. The molecule has 1 amide bonds. The summed E-state index contributed by atoms with van der Waals surface area (Å²) in [4.78, 5) is 26.8. The highest BCUT2D eigenvalue weighted by Crippen LogP contribution is 2.42. The number of hydrogen-bond donors (Lipinski definition) is 1. The third-order valence-corrected chi connectivity index (χ3v) is 5.20. The lowest BCUT2D eigenvalue weighted by molar-refractivity contribution is -0.132. The zero-order valence-corrected chi connectivity index (χ0v) is 15.5. The highest BCUT2D eigenvalue weighted by molar-refractivity contribution is 7.13. The molecule has 1 N–H and O–H groups in total. The Kier molecular flexibility index (Phi) is 4.48. The van der Waals surface area contributed by atoms with Crippen LogP contribution in [0, 0.1) is 12.7 Å². The second-order valence-electron chi connectivity index (χ2n) is 6.31. The average Bonchev–Trinajstić information content (AvgIpc) is 3.30. The third kappa shape index (κ3) is 2.97. The lowest BCUT2D eigenvalue weighted by Crippen LogP contribution is -2.29. The average molecular weight is 395 g/mol. The quantitative estimate of drug-likeness (QED) is 0.416. The molecular weight excluding hydrogens is 381 g/mol. The minimum atomic E-state index is -0.935. The standard InChI is InChI=1S/C20H14FN3O3S/c1-11-2-4-13(5-3-11)17(25)15-16(12-6-8-14(21)9-7-12)24(19(27)18(15)26)20-23-22-10-28-20/h2-10,16,25H,1H3. The maximum absolute atomic E-state index is 13.4. The van der Waals surface area contributed by atoms with Crippen molar-refractivity contribution in [2.45, 2.75) is 13.0 Å². The predicted octanol–water partition coefficient (Wildman–Crippen LogP) is 3.61. The summed E-state index contributed by atoms with van der Waals surface area (Å²) >= 11 is 1.09. The van der Waals surface area contributed by atoms with Crippen molar-refractivity contribution >= 4 is 33.9 Å². The van der Waals surface area contributed by atoms with Crippen molar-refractivity contribution in [1.82, 2.24) is 10.2 Å². The van der Waals surface area contributed by atoms with Crippen molar-refractivity contribution in [2.24, 2.45) is 0 Å². The Balaban J connectivity index is 1.93. The maximum Gasteiger partial charge on any atom is 0.301 e. The first-order valence-corrected chi connectivity index (χ1v) is 9.25. The van der Waals surface area contributed by atoms with Gasteiger partial charge in [-0.25, -0.2) is 4.39 Å². The second kappa shape index (κ2) is 6.97. The van der Waals surface area contributed by atoms with Crippen LogP contribution in [0.15, 0.2) is 59.6 Å². The summed E-state index contributed by atoms with van der Waals surface area (Å²) in [5.41, 5.74) is 3.24. The van der Waals surface area contributed by atoms with Crippen LogP contribution in [0.25, 0.3) is 5.76 Å². The number of aliphatic hydroxyl groups excluding tert-OH is 1. The number of Topliss-reactive ketones (excluding diaryl/α,β-unsaturated/α-hetero) is 1. The van der Waals surface area contributed by atoms with E-state index in [2.05, 4.69) is 10.2 Å². The molecule has 3 aromatic rings. The van der Waals surface area contributed by atoms with Crippen LogP contribution in [0.1, 0.15) is 22.7 Å². The molecule has 1 fully saturated rings. The van der Waals surface area contributed by atoms with Crippen molar-refractivity contribution in [2.75, 3.05) is 4.90 Å². The molecule has 140 valence electrons. The molecule has 2 heterocycles. The van der Waals surface area contributed by atoms with Crippen molar-refractivity contribution in [3.8, 4) is 0 Å². The minimum Gasteiger partial charge on any atom is -0.507 e. The summed E-state index contributed by atoms with van der Waals surface area (Å²) in [6, 6.07) is 11.4. The maximum atomic E-state index is 13.4. The molecule has 0 radical (unpaired) electrons. The fourth-order valence-electron chi connectivity index (χ4n) is 3.13. The Morgan fingerprint density at radius 3 is 2.39 bits per heavy atom. The van der Waals surface area contributed by atoms with Gasteiger partial charge in [0.25, 0.3) is 5.78 Å². The van der Waals surface area contributed by atoms with Gasteiger partial charge in [0.05, 0.1) is 11.6 Å². The molecule has 1 aliphatic rings. The molecule has 1 unspecified atom stereocenters. The molecule has 0 saturated carbocycles. The molecule has 1 atom stereocenters. The van der Waals surface area contributed by atoms with Gasteiger partial charge in [-0.2, -0.15) is 0 Å². The van der Waals surface area contributed by atoms with E-state index >= 15 is 0 Å². The molecule has 1 saturated heterocycles. The monoisotopic (exact) mass is 395 g/mol. The van der Waals surface area contributed by atoms with Gasteiger partial charge in [-0.1, -0.05) is 53.3 Å². The van der Waals surface area contributed by atoms with Crippen molar-refractivity contribution < 1.29 is 19.1 Å². The van der Waals surface area contributed by atoms with Crippen LogP contribution in [-0.4, -0.2) is 27.0 Å². The Morgan fingerprint density at radius 2 is 1.79 bits per heavy atom. The number of rotatable bonds is 3. The minimum absolute atomic E-state index is 0.0735. The Morgan fingerprint density at radius 1 is 1.11 bits per heavy atom. The van der Waals surface area contributed by atoms with Crippen LogP contribution in [0.2, 0.25) is 0 Å². The number of aromatic nitrogens is 2. The Bertz CT molecular complexity index is 1080. The highest BCUT2D eigenvalue weighted by atomic mass is 32.1. The van der Waals surface area contributed by atoms with Crippen LogP contribution in [-0.2, 0) is 9.59 Å². The van der Waals surface area contributed by atoms with Crippen molar-refractivity contribution in [3.63, 3.8) is 0 Å². The number of nitrogens with zero attached hydrogens (tertiary/aromatic N) is 3. The molecule has 0 aliphatic carbocycles. The lowest BCUT2D eigenvalue weighted by atomic mass is 9.95. The Labute approximate surface area is 163 Å². The first-order chi connectivity index (χ1) is 13.5. The number of carbonyl (C=O) groups excluding carboxylic acids is 2. The fourth-order valence-corrected chi connectivity index (χ4v) is 3.71. The molecule has 8 heteroatoms. The van der Waals surface area contributed by atoms with Gasteiger partial charge in [0.2, 0.25) is 5.13 Å². The van der Waals surface area contributed by atoms with E-state index in [-0.39, 0.29) is 16.5 Å². The lowest BCUT2D eigenvalue weighted by Gasteiger charge is -2.22. The SMILES string of the molecule is Cc1ccc(C(O)=C2C(=O)C(=O)N(c3nncs3)C2c2ccc(F)cc2)cc1. The predicted molar refractivity (Wildman–Crippen MR) is 102 cm³/mol. The number of anilines is 1. The van der Waals surface area contributed by atoms with Gasteiger partial charge < -0.3 is 5.11 Å². The molecule has 2 aromatic carbocycles. The topological polar surface area (TPSA) is 83.4 Å². The van der Waals surface area contributed by atoms with Crippen LogP contribution in [0.3, 0.4) is 0 Å². The molecular formula is C20H14FN3O3S. The summed E-state index contributed by atoms with van der Waals surface area (Å²) in [5.74, 6) is -2.39. The number of ketones is 1. The van der Waals surface area contributed by atoms with Crippen LogP contribution in [0.5, 0.6) is 0 Å². The van der Waals surface area contributed by atoms with E-state index < -0.39 is 23.5 Å². The van der Waals surface area contributed by atoms with Gasteiger partial charge >= 0.3 is 5.91 Å². The second-order valence-corrected chi connectivity index (χ2v) is 7.12. The van der Waals surface area contributed by atoms with E-state index in [0.29, 0.717) is 11.1 Å². The third-order valence-electron chi connectivity index (χ3n) is 4.51. The largest absolute Gasteiger partial charge is 0.507 e. The Hall–Kier alpha value is -3.39. The van der Waals surface area contributed by atoms with Crippen molar-refractivity contribution in [1.29, 1.82) is 0 Å². The molecule has 0 spiro atoms. The smallest absolute Gasteiger partial charge is 0.301 e. The van der Waals surface area contributed by atoms with E-state index in [1.54, 1.807) is 24.3 Å². The van der Waals surface area contributed by atoms with Gasteiger partial charge in [-0.15, -0.1) is 10.2 Å². The fraction of sp³-hybridized carbons (Fsp3) is 0.100. The summed E-state index contributed by atoms with van der Waals surface area (Å²) in [7, 11) is 0. The highest BCUT2D eigenvalue weighted by Gasteiger charge is 2.48. The van der Waals surface area contributed by atoms with Crippen LogP contribution in [0.4, 0.5) is 9.52 Å². The molecule has 1 aromatic heterocycles. The summed E-state index contributed by atoms with van der Waals surface area (Å²) in [6.45, 7) is 1.90. The zero-order chi connectivity index (χ0) is 19.8. The molecule has 28 heavy (non-hydrogen) atoms. The number of amides is 1. The molecule has 6 nitrogen and oxygen atoms in total. The van der Waals surface area contributed by atoms with Gasteiger partial charge in [-0.3, -0.25) is 14.5 Å². The van der Waals surface area contributed by atoms with E-state index in [4.69, 9.17) is 0 Å². The van der Waals surface area contributed by atoms with Gasteiger partial charge in [0.1, 0.15) is 17.1 Å². The van der Waals surface area contributed by atoms with Gasteiger partial charge in [0.15, 0.2) is 0 Å². The number of halogens is 1. The van der Waals surface area contributed by atoms with Gasteiger partial charge in [-0.05, 0) is 24.6 Å². The van der Waals surface area contributed by atoms with E-state index in [9.17, 15) is 19.1 Å². The van der Waals surface area contributed by atoms with E-state index in [1.165, 1.54) is 34.7 Å². The van der Waals surface area contributed by atoms with Gasteiger partial charge in [0, 0.05) is 5.56 Å². The molecule has 0 bridgehead atoms. The van der Waals surface area contributed by atoms with Crippen LogP contribution < -0.4 is 4.90 Å². The molecule has 4 rings (SSSR count). The van der Waals surface area contributed by atoms with E-state index in [1.807, 2.05) is 6.92 Å². The summed E-state index contributed by atoms with van der Waals surface area (Å²) < 4.78 is 13.4. The number of benzene rings is 2. The normalized spacial score (nSPS) is 18.6. The summed E-state index contributed by atoms with van der Waals surface area (Å²) in [5, 5.41) is 18.7. The van der Waals surface area contributed by atoms with E-state index in [0.717, 1.165) is 16.9 Å².